The number of nitrogens with one attached hydrogen (secondary N) is 1. The summed E-state index contributed by atoms with van der Waals surface area (Å²) in [4.78, 5) is 11.8. The fourth-order valence-electron chi connectivity index (χ4n) is 2.96. The molecule has 1 aliphatic rings. The molecule has 0 aliphatic carbocycles. The van der Waals surface area contributed by atoms with Gasteiger partial charge in [0, 0.05) is 24.4 Å². The van der Waals surface area contributed by atoms with Crippen molar-refractivity contribution in [2.45, 2.75) is 11.3 Å². The van der Waals surface area contributed by atoms with E-state index in [0.29, 0.717) is 12.2 Å². The minimum atomic E-state index is -4.12. The lowest BCUT2D eigenvalue weighted by molar-refractivity contribution is -0.385. The van der Waals surface area contributed by atoms with Crippen LogP contribution in [0.1, 0.15) is 5.56 Å². The number of nitrogens with zero attached hydrogens (tertiary/aromatic N) is 3. The van der Waals surface area contributed by atoms with Crippen LogP contribution in [0.3, 0.4) is 0 Å². The number of ether oxygens (including phenoxy) is 1. The number of sulfonamides is 1. The highest BCUT2D eigenvalue weighted by Crippen LogP contribution is 2.33. The molecular formula is C17H16N4O5S. The van der Waals surface area contributed by atoms with Crippen LogP contribution in [-0.2, 0) is 16.4 Å². The average Bonchev–Trinajstić information content (AvgIpc) is 3.03. The molecule has 0 fully saturated rings. The Labute approximate surface area is 156 Å². The van der Waals surface area contributed by atoms with Crippen molar-refractivity contribution in [2.75, 3.05) is 29.8 Å². The molecule has 27 heavy (non-hydrogen) atoms. The summed E-state index contributed by atoms with van der Waals surface area (Å²) in [5.41, 5.74) is 1.77. The lowest BCUT2D eigenvalue weighted by Crippen LogP contribution is -2.20. The number of hydrogen-bond donors (Lipinski definition) is 1. The Morgan fingerprint density at radius 1 is 1.33 bits per heavy atom. The smallest absolute Gasteiger partial charge is 0.271 e. The van der Waals surface area contributed by atoms with Crippen LogP contribution >= 0.6 is 0 Å². The SMILES string of the molecule is COc1ccc([N+](=O)[O-])cc1S(=O)(=O)Nc1ccc2c(c1)N(CC#N)CC2. The molecule has 1 N–H and O–H groups in total. The Morgan fingerprint density at radius 2 is 2.11 bits per heavy atom. The molecule has 0 unspecified atom stereocenters. The molecule has 10 heteroatoms. The third kappa shape index (κ3) is 3.63. The Kier molecular flexibility index (Phi) is 4.87. The molecule has 1 heterocycles. The molecule has 0 amide bonds. The van der Waals surface area contributed by atoms with Crippen LogP contribution < -0.4 is 14.4 Å². The lowest BCUT2D eigenvalue weighted by Gasteiger charge is -2.17. The van der Waals surface area contributed by atoms with Crippen molar-refractivity contribution >= 4 is 27.1 Å². The van der Waals surface area contributed by atoms with Gasteiger partial charge in [0.1, 0.15) is 17.2 Å². The maximum absolute atomic E-state index is 12.8. The van der Waals surface area contributed by atoms with Gasteiger partial charge in [-0.05, 0) is 30.2 Å². The van der Waals surface area contributed by atoms with E-state index < -0.39 is 14.9 Å². The number of nitro groups is 1. The van der Waals surface area contributed by atoms with E-state index in [1.54, 1.807) is 18.2 Å². The van der Waals surface area contributed by atoms with E-state index in [-0.39, 0.29) is 22.9 Å². The largest absolute Gasteiger partial charge is 0.495 e. The van der Waals surface area contributed by atoms with E-state index in [9.17, 15) is 18.5 Å². The van der Waals surface area contributed by atoms with E-state index >= 15 is 0 Å². The number of nitriles is 1. The molecule has 0 bridgehead atoms. The van der Waals surface area contributed by atoms with E-state index in [1.807, 2.05) is 4.90 Å². The number of benzene rings is 2. The van der Waals surface area contributed by atoms with E-state index in [4.69, 9.17) is 10.00 Å². The predicted molar refractivity (Wildman–Crippen MR) is 98.4 cm³/mol. The first-order valence-electron chi connectivity index (χ1n) is 7.96. The first kappa shape index (κ1) is 18.5. The summed E-state index contributed by atoms with van der Waals surface area (Å²) in [6, 6.07) is 10.5. The number of rotatable bonds is 6. The third-order valence-electron chi connectivity index (χ3n) is 4.24. The van der Waals surface area contributed by atoms with Crippen molar-refractivity contribution in [1.29, 1.82) is 5.26 Å². The van der Waals surface area contributed by atoms with Gasteiger partial charge in [0.2, 0.25) is 0 Å². The van der Waals surface area contributed by atoms with Crippen LogP contribution in [0.2, 0.25) is 0 Å². The van der Waals surface area contributed by atoms with Crippen molar-refractivity contribution in [3.63, 3.8) is 0 Å². The van der Waals surface area contributed by atoms with Crippen molar-refractivity contribution in [2.24, 2.45) is 0 Å². The first-order valence-corrected chi connectivity index (χ1v) is 9.44. The van der Waals surface area contributed by atoms with Gasteiger partial charge in [-0.1, -0.05) is 6.07 Å². The van der Waals surface area contributed by atoms with Crippen molar-refractivity contribution in [3.05, 3.63) is 52.1 Å². The molecule has 0 atom stereocenters. The summed E-state index contributed by atoms with van der Waals surface area (Å²) in [5.74, 6) is 0.000340. The molecule has 140 valence electrons. The van der Waals surface area contributed by atoms with Crippen LogP contribution in [-0.4, -0.2) is 33.5 Å². The van der Waals surface area contributed by atoms with Gasteiger partial charge < -0.3 is 9.64 Å². The van der Waals surface area contributed by atoms with E-state index in [2.05, 4.69) is 10.8 Å². The highest BCUT2D eigenvalue weighted by atomic mass is 32.2. The van der Waals surface area contributed by atoms with E-state index in [0.717, 1.165) is 23.7 Å². The number of nitro benzene ring substituents is 1. The molecule has 0 saturated heterocycles. The molecule has 0 aromatic heterocycles. The molecule has 1 aliphatic heterocycles. The number of non-ortho nitro benzene ring substituents is 1. The average molecular weight is 388 g/mol. The summed E-state index contributed by atoms with van der Waals surface area (Å²) in [6.07, 6.45) is 0.781. The van der Waals surface area contributed by atoms with Crippen molar-refractivity contribution in [3.8, 4) is 11.8 Å². The number of methoxy groups -OCH3 is 1. The molecular weight excluding hydrogens is 372 g/mol. The third-order valence-corrected chi connectivity index (χ3v) is 5.64. The summed E-state index contributed by atoms with van der Waals surface area (Å²) < 4.78 is 33.0. The number of anilines is 2. The van der Waals surface area contributed by atoms with Crippen LogP contribution in [0.25, 0.3) is 0 Å². The van der Waals surface area contributed by atoms with Gasteiger partial charge >= 0.3 is 0 Å². The van der Waals surface area contributed by atoms with Crippen LogP contribution in [0.5, 0.6) is 5.75 Å². The Hall–Kier alpha value is -3.32. The zero-order chi connectivity index (χ0) is 19.6. The van der Waals surface area contributed by atoms with Crippen molar-refractivity contribution < 1.29 is 18.1 Å². The summed E-state index contributed by atoms with van der Waals surface area (Å²) in [6.45, 7) is 0.902. The zero-order valence-corrected chi connectivity index (χ0v) is 15.2. The highest BCUT2D eigenvalue weighted by Gasteiger charge is 2.25. The van der Waals surface area contributed by atoms with Gasteiger partial charge in [-0.3, -0.25) is 14.8 Å². The van der Waals surface area contributed by atoms with Crippen LogP contribution in [0, 0.1) is 21.4 Å². The summed E-state index contributed by atoms with van der Waals surface area (Å²) in [7, 11) is -2.84. The molecule has 2 aromatic rings. The van der Waals surface area contributed by atoms with Gasteiger partial charge in [-0.15, -0.1) is 0 Å². The second kappa shape index (κ2) is 7.13. The number of hydrogen-bond acceptors (Lipinski definition) is 7. The van der Waals surface area contributed by atoms with Gasteiger partial charge in [0.25, 0.3) is 15.7 Å². The monoisotopic (exact) mass is 388 g/mol. The van der Waals surface area contributed by atoms with Gasteiger partial charge in [-0.25, -0.2) is 8.42 Å². The fraction of sp³-hybridized carbons (Fsp3) is 0.235. The predicted octanol–water partition coefficient (Wildman–Crippen LogP) is 2.29. The lowest BCUT2D eigenvalue weighted by atomic mass is 10.1. The molecule has 2 aromatic carbocycles. The quantitative estimate of drug-likeness (QED) is 0.457. The van der Waals surface area contributed by atoms with Crippen molar-refractivity contribution in [1.82, 2.24) is 0 Å². The second-order valence-electron chi connectivity index (χ2n) is 5.87. The van der Waals surface area contributed by atoms with Gasteiger partial charge in [-0.2, -0.15) is 5.26 Å². The fourth-order valence-corrected chi connectivity index (χ4v) is 4.20. The first-order chi connectivity index (χ1) is 12.9. The normalized spacial score (nSPS) is 13.0. The maximum Gasteiger partial charge on any atom is 0.271 e. The Balaban J connectivity index is 1.96. The summed E-state index contributed by atoms with van der Waals surface area (Å²) in [5, 5.41) is 19.9. The molecule has 3 rings (SSSR count). The Bertz CT molecular complexity index is 1050. The summed E-state index contributed by atoms with van der Waals surface area (Å²) >= 11 is 0. The second-order valence-corrected chi connectivity index (χ2v) is 7.52. The minimum absolute atomic E-state index is 0.000340. The van der Waals surface area contributed by atoms with Gasteiger partial charge in [0.05, 0.1) is 23.8 Å². The minimum Gasteiger partial charge on any atom is -0.495 e. The topological polar surface area (TPSA) is 126 Å². The molecule has 0 saturated carbocycles. The van der Waals surface area contributed by atoms with E-state index in [1.165, 1.54) is 19.2 Å². The zero-order valence-electron chi connectivity index (χ0n) is 14.4. The maximum atomic E-state index is 12.8. The molecule has 0 spiro atoms. The van der Waals surface area contributed by atoms with Crippen LogP contribution in [0.4, 0.5) is 17.1 Å². The standard InChI is InChI=1S/C17H16N4O5S/c1-26-16-5-4-14(21(22)23)11-17(16)27(24,25)19-13-3-2-12-6-8-20(9-7-18)15(12)10-13/h2-5,10-11,19H,6,8-9H2,1H3. The number of fused-ring (bicyclic) bond motifs is 1. The molecule has 9 nitrogen and oxygen atoms in total. The highest BCUT2D eigenvalue weighted by molar-refractivity contribution is 7.92. The van der Waals surface area contributed by atoms with Gasteiger partial charge in [0.15, 0.2) is 0 Å². The Morgan fingerprint density at radius 3 is 2.78 bits per heavy atom. The molecule has 0 radical (unpaired) electrons. The van der Waals surface area contributed by atoms with Crippen LogP contribution in [0.15, 0.2) is 41.3 Å².